The third kappa shape index (κ3) is 5.64. The number of benzene rings is 2. The third-order valence-electron chi connectivity index (χ3n) is 4.86. The van der Waals surface area contributed by atoms with E-state index in [9.17, 15) is 0 Å². The van der Waals surface area contributed by atoms with Crippen LogP contribution in [0.15, 0.2) is 59.6 Å². The molecule has 144 valence electrons. The number of nitrogens with zero attached hydrogens (tertiary/aromatic N) is 2. The Hall–Kier alpha value is -2.69. The van der Waals surface area contributed by atoms with Crippen molar-refractivity contribution in [2.24, 2.45) is 4.99 Å². The molecule has 1 fully saturated rings. The molecule has 0 spiro atoms. The Kier molecular flexibility index (Phi) is 6.97. The normalized spacial score (nSPS) is 15.5. The van der Waals surface area contributed by atoms with E-state index >= 15 is 0 Å². The molecule has 1 heterocycles. The Balaban J connectivity index is 1.42. The van der Waals surface area contributed by atoms with E-state index in [4.69, 9.17) is 9.47 Å². The van der Waals surface area contributed by atoms with Gasteiger partial charge in [0.15, 0.2) is 5.96 Å². The summed E-state index contributed by atoms with van der Waals surface area (Å²) in [6.07, 6.45) is 3.25. The van der Waals surface area contributed by atoms with Crippen LogP contribution in [0.25, 0.3) is 0 Å². The van der Waals surface area contributed by atoms with Crippen LogP contribution >= 0.6 is 0 Å². The van der Waals surface area contributed by atoms with Crippen LogP contribution in [0.3, 0.4) is 0 Å². The van der Waals surface area contributed by atoms with Crippen LogP contribution in [-0.2, 0) is 6.42 Å². The summed E-state index contributed by atoms with van der Waals surface area (Å²) in [6, 6.07) is 18.3. The lowest BCUT2D eigenvalue weighted by Gasteiger charge is -2.34. The molecule has 0 unspecified atom stereocenters. The number of aliphatic imine (C=N–C) groups is 1. The van der Waals surface area contributed by atoms with E-state index < -0.39 is 0 Å². The molecule has 3 rings (SSSR count). The minimum atomic E-state index is 0.279. The number of piperidine rings is 1. The highest BCUT2D eigenvalue weighted by Gasteiger charge is 2.22. The largest absolute Gasteiger partial charge is 0.497 e. The molecule has 2 aromatic carbocycles. The highest BCUT2D eigenvalue weighted by Crippen LogP contribution is 2.18. The molecule has 0 saturated carbocycles. The number of nitrogens with one attached hydrogen (secondary N) is 1. The van der Waals surface area contributed by atoms with Crippen LogP contribution in [0.2, 0.25) is 0 Å². The highest BCUT2D eigenvalue weighted by molar-refractivity contribution is 5.80. The maximum atomic E-state index is 6.08. The molecule has 5 heteroatoms. The Morgan fingerprint density at radius 1 is 1.04 bits per heavy atom. The first-order valence-corrected chi connectivity index (χ1v) is 9.58. The topological polar surface area (TPSA) is 46.1 Å². The molecule has 27 heavy (non-hydrogen) atoms. The van der Waals surface area contributed by atoms with E-state index in [1.54, 1.807) is 7.11 Å². The summed E-state index contributed by atoms with van der Waals surface area (Å²) in [5.41, 5.74) is 1.29. The van der Waals surface area contributed by atoms with Crippen molar-refractivity contribution in [3.63, 3.8) is 0 Å². The van der Waals surface area contributed by atoms with Gasteiger partial charge in [-0.3, -0.25) is 4.99 Å². The quantitative estimate of drug-likeness (QED) is 0.628. The van der Waals surface area contributed by atoms with Gasteiger partial charge >= 0.3 is 0 Å². The van der Waals surface area contributed by atoms with E-state index in [0.717, 1.165) is 56.4 Å². The molecule has 0 radical (unpaired) electrons. The zero-order chi connectivity index (χ0) is 18.9. The second-order valence-electron chi connectivity index (χ2n) is 6.69. The minimum Gasteiger partial charge on any atom is -0.497 e. The molecule has 1 N–H and O–H groups in total. The van der Waals surface area contributed by atoms with Crippen molar-refractivity contribution in [2.75, 3.05) is 33.8 Å². The van der Waals surface area contributed by atoms with Crippen LogP contribution in [0.5, 0.6) is 11.5 Å². The lowest BCUT2D eigenvalue weighted by atomic mass is 10.1. The van der Waals surface area contributed by atoms with Crippen molar-refractivity contribution in [1.82, 2.24) is 10.2 Å². The fourth-order valence-corrected chi connectivity index (χ4v) is 3.32. The molecule has 0 aromatic heterocycles. The fraction of sp³-hybridized carbons (Fsp3) is 0.409. The number of rotatable bonds is 6. The second kappa shape index (κ2) is 9.86. The summed E-state index contributed by atoms with van der Waals surface area (Å²) in [5, 5.41) is 3.48. The molecule has 1 saturated heterocycles. The highest BCUT2D eigenvalue weighted by atomic mass is 16.5. The van der Waals surface area contributed by atoms with Crippen molar-refractivity contribution in [2.45, 2.75) is 25.4 Å². The van der Waals surface area contributed by atoms with E-state index in [-0.39, 0.29) is 6.10 Å². The van der Waals surface area contributed by atoms with Crippen molar-refractivity contribution in [3.8, 4) is 11.5 Å². The van der Waals surface area contributed by atoms with Crippen LogP contribution in [0.4, 0.5) is 0 Å². The molecule has 1 aliphatic rings. The zero-order valence-corrected chi connectivity index (χ0v) is 16.2. The smallest absolute Gasteiger partial charge is 0.193 e. The Morgan fingerprint density at radius 2 is 1.74 bits per heavy atom. The van der Waals surface area contributed by atoms with Crippen molar-refractivity contribution in [1.29, 1.82) is 0 Å². The lowest BCUT2D eigenvalue weighted by Crippen LogP contribution is -2.47. The number of hydrogen-bond donors (Lipinski definition) is 1. The van der Waals surface area contributed by atoms with Crippen molar-refractivity contribution >= 4 is 5.96 Å². The molecule has 0 bridgehead atoms. The number of para-hydroxylation sites is 1. The van der Waals surface area contributed by atoms with E-state index in [2.05, 4.69) is 27.3 Å². The number of hydrogen-bond acceptors (Lipinski definition) is 3. The van der Waals surface area contributed by atoms with Gasteiger partial charge < -0.3 is 19.7 Å². The third-order valence-corrected chi connectivity index (χ3v) is 4.86. The zero-order valence-electron chi connectivity index (χ0n) is 16.2. The predicted octanol–water partition coefficient (Wildman–Crippen LogP) is 3.36. The van der Waals surface area contributed by atoms with Gasteiger partial charge in [0.05, 0.1) is 7.11 Å². The monoisotopic (exact) mass is 367 g/mol. The first kappa shape index (κ1) is 19.1. The van der Waals surface area contributed by atoms with Gasteiger partial charge in [0.25, 0.3) is 0 Å². The number of ether oxygens (including phenoxy) is 2. The van der Waals surface area contributed by atoms with Gasteiger partial charge in [-0.05, 0) is 36.2 Å². The maximum absolute atomic E-state index is 6.08. The Bertz CT molecular complexity index is 708. The van der Waals surface area contributed by atoms with E-state index in [1.807, 2.05) is 49.5 Å². The molecule has 0 amide bonds. The van der Waals surface area contributed by atoms with Crippen molar-refractivity contribution < 1.29 is 9.47 Å². The maximum Gasteiger partial charge on any atom is 0.193 e. The van der Waals surface area contributed by atoms with Crippen molar-refractivity contribution in [3.05, 3.63) is 60.2 Å². The summed E-state index contributed by atoms with van der Waals surface area (Å²) < 4.78 is 11.3. The number of methoxy groups -OCH3 is 1. The van der Waals surface area contributed by atoms with Gasteiger partial charge in [0.2, 0.25) is 0 Å². The summed E-state index contributed by atoms with van der Waals surface area (Å²) in [5.74, 6) is 2.82. The number of likely N-dealkylation sites (tertiary alicyclic amines) is 1. The van der Waals surface area contributed by atoms with Crippen LogP contribution in [0.1, 0.15) is 18.4 Å². The van der Waals surface area contributed by atoms with Crippen LogP contribution in [-0.4, -0.2) is 50.8 Å². The summed E-state index contributed by atoms with van der Waals surface area (Å²) >= 11 is 0. The molecule has 2 aromatic rings. The average molecular weight is 367 g/mol. The molecule has 5 nitrogen and oxygen atoms in total. The summed E-state index contributed by atoms with van der Waals surface area (Å²) in [6.45, 7) is 2.78. The molecule has 0 atom stereocenters. The minimum absolute atomic E-state index is 0.279. The van der Waals surface area contributed by atoms with Gasteiger partial charge in [-0.25, -0.2) is 0 Å². The van der Waals surface area contributed by atoms with Crippen LogP contribution < -0.4 is 14.8 Å². The van der Waals surface area contributed by atoms with Gasteiger partial charge in [-0.15, -0.1) is 0 Å². The van der Waals surface area contributed by atoms with Gasteiger partial charge in [0.1, 0.15) is 17.6 Å². The SMILES string of the molecule is CN=C(NCCc1ccc(OC)cc1)N1CCC(Oc2ccccc2)CC1. The molecule has 0 aliphatic carbocycles. The first-order valence-electron chi connectivity index (χ1n) is 9.58. The molecule has 1 aliphatic heterocycles. The fourth-order valence-electron chi connectivity index (χ4n) is 3.32. The number of guanidine groups is 1. The molecular formula is C22H29N3O2. The standard InChI is InChI=1S/C22H29N3O2/c1-23-22(24-15-12-18-8-10-19(26-2)11-9-18)25-16-13-21(14-17-25)27-20-6-4-3-5-7-20/h3-11,21H,12-17H2,1-2H3,(H,23,24). The van der Waals surface area contributed by atoms with Gasteiger partial charge in [-0.1, -0.05) is 30.3 Å². The van der Waals surface area contributed by atoms with Crippen LogP contribution in [0, 0.1) is 0 Å². The first-order chi connectivity index (χ1) is 13.3. The van der Waals surface area contributed by atoms with E-state index in [1.165, 1.54) is 5.56 Å². The second-order valence-corrected chi connectivity index (χ2v) is 6.69. The predicted molar refractivity (Wildman–Crippen MR) is 110 cm³/mol. The van der Waals surface area contributed by atoms with Gasteiger partial charge in [-0.2, -0.15) is 0 Å². The average Bonchev–Trinajstić information content (AvgIpc) is 2.73. The van der Waals surface area contributed by atoms with Gasteiger partial charge in [0, 0.05) is 39.5 Å². The lowest BCUT2D eigenvalue weighted by molar-refractivity contribution is 0.129. The molecular weight excluding hydrogens is 338 g/mol. The summed E-state index contributed by atoms with van der Waals surface area (Å²) in [7, 11) is 3.54. The van der Waals surface area contributed by atoms with E-state index in [0.29, 0.717) is 0 Å². The Labute approximate surface area is 162 Å². The summed E-state index contributed by atoms with van der Waals surface area (Å²) in [4.78, 5) is 6.77. The Morgan fingerprint density at radius 3 is 2.37 bits per heavy atom.